The second-order valence-corrected chi connectivity index (χ2v) is 6.69. The zero-order valence-corrected chi connectivity index (χ0v) is 14.9. The number of aryl methyl sites for hydroxylation is 1. The normalized spacial score (nSPS) is 18.0. The predicted molar refractivity (Wildman–Crippen MR) is 95.5 cm³/mol. The van der Waals surface area contributed by atoms with Gasteiger partial charge in [-0.2, -0.15) is 0 Å². The predicted octanol–water partition coefficient (Wildman–Crippen LogP) is 4.21. The van der Waals surface area contributed by atoms with Crippen LogP contribution < -0.4 is 14.8 Å². The van der Waals surface area contributed by atoms with E-state index in [-0.39, 0.29) is 12.1 Å². The van der Waals surface area contributed by atoms with Crippen LogP contribution in [0.4, 0.5) is 0 Å². The lowest BCUT2D eigenvalue weighted by molar-refractivity contribution is 0.232. The van der Waals surface area contributed by atoms with Crippen LogP contribution in [0.1, 0.15) is 49.2 Å². The summed E-state index contributed by atoms with van der Waals surface area (Å²) < 4.78 is 11.2. The molecule has 1 aliphatic heterocycles. The van der Waals surface area contributed by atoms with Crippen LogP contribution in [-0.2, 0) is 0 Å². The molecule has 128 valence electrons. The van der Waals surface area contributed by atoms with Crippen LogP contribution in [0.15, 0.2) is 36.5 Å². The second-order valence-electron chi connectivity index (χ2n) is 6.69. The van der Waals surface area contributed by atoms with E-state index in [1.165, 1.54) is 11.1 Å². The first-order chi connectivity index (χ1) is 11.6. The van der Waals surface area contributed by atoms with Crippen molar-refractivity contribution in [2.45, 2.75) is 39.3 Å². The van der Waals surface area contributed by atoms with Gasteiger partial charge in [-0.05, 0) is 42.7 Å². The molecule has 0 fully saturated rings. The van der Waals surface area contributed by atoms with Crippen molar-refractivity contribution in [1.82, 2.24) is 10.3 Å². The van der Waals surface area contributed by atoms with Crippen LogP contribution in [0.5, 0.6) is 11.5 Å². The molecule has 1 aromatic heterocycles. The van der Waals surface area contributed by atoms with Gasteiger partial charge in [-0.3, -0.25) is 4.98 Å². The molecule has 2 aromatic rings. The molecule has 4 heteroatoms. The highest BCUT2D eigenvalue weighted by Crippen LogP contribution is 2.37. The fraction of sp³-hybridized carbons (Fsp3) is 0.450. The highest BCUT2D eigenvalue weighted by atomic mass is 16.5. The molecule has 3 rings (SSSR count). The number of nitrogens with zero attached hydrogens (tertiary/aromatic N) is 1. The molecule has 0 saturated carbocycles. The minimum Gasteiger partial charge on any atom is -0.497 e. The van der Waals surface area contributed by atoms with Crippen molar-refractivity contribution < 1.29 is 9.47 Å². The SMILES string of the molecule is COc1ccc2c(c1)[C@H](N[C@H](c1ncccc1C)C(C)C)CCO2. The van der Waals surface area contributed by atoms with Crippen LogP contribution in [0.2, 0.25) is 0 Å². The number of rotatable bonds is 5. The van der Waals surface area contributed by atoms with Gasteiger partial charge in [0.15, 0.2) is 0 Å². The first kappa shape index (κ1) is 16.8. The highest BCUT2D eigenvalue weighted by Gasteiger charge is 2.27. The fourth-order valence-electron chi connectivity index (χ4n) is 3.30. The van der Waals surface area contributed by atoms with E-state index in [2.05, 4.69) is 43.2 Å². The van der Waals surface area contributed by atoms with Gasteiger partial charge < -0.3 is 14.8 Å². The highest BCUT2D eigenvalue weighted by molar-refractivity contribution is 5.43. The van der Waals surface area contributed by atoms with Gasteiger partial charge in [-0.1, -0.05) is 19.9 Å². The number of nitrogens with one attached hydrogen (secondary N) is 1. The molecular formula is C20H26N2O2. The Morgan fingerprint density at radius 1 is 1.29 bits per heavy atom. The Hall–Kier alpha value is -2.07. The molecule has 0 amide bonds. The van der Waals surface area contributed by atoms with Crippen molar-refractivity contribution in [3.63, 3.8) is 0 Å². The summed E-state index contributed by atoms with van der Waals surface area (Å²) in [6.45, 7) is 7.32. The zero-order chi connectivity index (χ0) is 17.1. The zero-order valence-electron chi connectivity index (χ0n) is 14.9. The molecule has 0 unspecified atom stereocenters. The molecule has 2 heterocycles. The van der Waals surface area contributed by atoms with E-state index in [1.807, 2.05) is 24.4 Å². The Morgan fingerprint density at radius 2 is 2.12 bits per heavy atom. The third-order valence-corrected chi connectivity index (χ3v) is 4.65. The van der Waals surface area contributed by atoms with Crippen molar-refractivity contribution in [1.29, 1.82) is 0 Å². The van der Waals surface area contributed by atoms with Crippen molar-refractivity contribution in [2.24, 2.45) is 5.92 Å². The van der Waals surface area contributed by atoms with E-state index >= 15 is 0 Å². The summed E-state index contributed by atoms with van der Waals surface area (Å²) in [5.74, 6) is 2.25. The van der Waals surface area contributed by atoms with Crippen LogP contribution in [0, 0.1) is 12.8 Å². The average molecular weight is 326 g/mol. The molecule has 2 atom stereocenters. The lowest BCUT2D eigenvalue weighted by Crippen LogP contribution is -2.34. The summed E-state index contributed by atoms with van der Waals surface area (Å²) in [7, 11) is 1.70. The molecule has 0 spiro atoms. The largest absolute Gasteiger partial charge is 0.497 e. The quantitative estimate of drug-likeness (QED) is 0.894. The smallest absolute Gasteiger partial charge is 0.124 e. The number of aromatic nitrogens is 1. The minimum atomic E-state index is 0.202. The number of hydrogen-bond donors (Lipinski definition) is 1. The molecule has 0 saturated heterocycles. The molecular weight excluding hydrogens is 300 g/mol. The maximum atomic E-state index is 5.81. The lowest BCUT2D eigenvalue weighted by atomic mass is 9.93. The first-order valence-electron chi connectivity index (χ1n) is 8.58. The number of pyridine rings is 1. The van der Waals surface area contributed by atoms with Crippen molar-refractivity contribution in [2.75, 3.05) is 13.7 Å². The molecule has 0 aliphatic carbocycles. The molecule has 0 bridgehead atoms. The number of hydrogen-bond acceptors (Lipinski definition) is 4. The standard InChI is InChI=1S/C20H26N2O2/c1-13(2)19(20-14(3)6-5-10-21-20)22-17-9-11-24-18-8-7-15(23-4)12-16(17)18/h5-8,10,12-13,17,19,22H,9,11H2,1-4H3/t17-,19+/m1/s1. The Kier molecular flexibility index (Phi) is 5.05. The lowest BCUT2D eigenvalue weighted by Gasteiger charge is -2.33. The Labute approximate surface area is 144 Å². The topological polar surface area (TPSA) is 43.4 Å². The van der Waals surface area contributed by atoms with Crippen LogP contribution >= 0.6 is 0 Å². The van der Waals surface area contributed by atoms with E-state index < -0.39 is 0 Å². The maximum Gasteiger partial charge on any atom is 0.124 e. The van der Waals surface area contributed by atoms with Gasteiger partial charge in [-0.15, -0.1) is 0 Å². The third-order valence-electron chi connectivity index (χ3n) is 4.65. The van der Waals surface area contributed by atoms with Crippen LogP contribution in [-0.4, -0.2) is 18.7 Å². The van der Waals surface area contributed by atoms with Crippen molar-refractivity contribution >= 4 is 0 Å². The molecule has 1 N–H and O–H groups in total. The summed E-state index contributed by atoms with van der Waals surface area (Å²) in [6.07, 6.45) is 2.82. The number of ether oxygens (including phenoxy) is 2. The Bertz CT molecular complexity index is 700. The second kappa shape index (κ2) is 7.22. The van der Waals surface area contributed by atoms with E-state index in [0.29, 0.717) is 5.92 Å². The summed E-state index contributed by atoms with van der Waals surface area (Å²) in [4.78, 5) is 4.64. The van der Waals surface area contributed by atoms with Gasteiger partial charge in [0, 0.05) is 24.2 Å². The monoisotopic (exact) mass is 326 g/mol. The number of benzene rings is 1. The molecule has 0 radical (unpaired) electrons. The van der Waals surface area contributed by atoms with Crippen molar-refractivity contribution in [3.8, 4) is 11.5 Å². The van der Waals surface area contributed by atoms with Gasteiger partial charge in [0.2, 0.25) is 0 Å². The van der Waals surface area contributed by atoms with Gasteiger partial charge in [-0.25, -0.2) is 0 Å². The fourth-order valence-corrected chi connectivity index (χ4v) is 3.30. The minimum absolute atomic E-state index is 0.202. The number of methoxy groups -OCH3 is 1. The summed E-state index contributed by atoms with van der Waals surface area (Å²) in [5, 5.41) is 3.82. The van der Waals surface area contributed by atoms with E-state index in [1.54, 1.807) is 7.11 Å². The van der Waals surface area contributed by atoms with Crippen LogP contribution in [0.25, 0.3) is 0 Å². The van der Waals surface area contributed by atoms with Crippen molar-refractivity contribution in [3.05, 3.63) is 53.3 Å². The first-order valence-corrected chi connectivity index (χ1v) is 8.58. The van der Waals surface area contributed by atoms with E-state index in [9.17, 15) is 0 Å². The van der Waals surface area contributed by atoms with Gasteiger partial charge in [0.25, 0.3) is 0 Å². The summed E-state index contributed by atoms with van der Waals surface area (Å²) >= 11 is 0. The molecule has 1 aliphatic rings. The molecule has 24 heavy (non-hydrogen) atoms. The van der Waals surface area contributed by atoms with Crippen LogP contribution in [0.3, 0.4) is 0 Å². The number of fused-ring (bicyclic) bond motifs is 1. The third kappa shape index (κ3) is 3.39. The molecule has 1 aromatic carbocycles. The van der Waals surface area contributed by atoms with Gasteiger partial charge >= 0.3 is 0 Å². The summed E-state index contributed by atoms with van der Waals surface area (Å²) in [6, 6.07) is 10.6. The van der Waals surface area contributed by atoms with Gasteiger partial charge in [0.05, 0.1) is 25.5 Å². The average Bonchev–Trinajstić information content (AvgIpc) is 2.60. The summed E-state index contributed by atoms with van der Waals surface area (Å²) in [5.41, 5.74) is 3.52. The van der Waals surface area contributed by atoms with E-state index in [0.717, 1.165) is 30.2 Å². The van der Waals surface area contributed by atoms with Gasteiger partial charge in [0.1, 0.15) is 11.5 Å². The Morgan fingerprint density at radius 3 is 2.83 bits per heavy atom. The molecule has 4 nitrogen and oxygen atoms in total. The van der Waals surface area contributed by atoms with E-state index in [4.69, 9.17) is 9.47 Å². The Balaban J connectivity index is 1.91. The maximum absolute atomic E-state index is 5.81.